The Hall–Kier alpha value is -2.66. The van der Waals surface area contributed by atoms with E-state index in [2.05, 4.69) is 15.5 Å². The summed E-state index contributed by atoms with van der Waals surface area (Å²) in [5.74, 6) is 0.599. The molecular weight excluding hydrogens is 302 g/mol. The second kappa shape index (κ2) is 5.99. The van der Waals surface area contributed by atoms with Crippen molar-refractivity contribution in [2.75, 3.05) is 5.32 Å². The molecule has 0 atom stereocenters. The molecule has 2 heterocycles. The number of amides is 1. The molecule has 2 aromatic heterocycles. The standard InChI is InChI=1S/C16H12ClN3O2/c1-10-3-2-4-15(18-10)19-16(21)13-9-14(22-20-13)11-5-7-12(17)8-6-11/h2-9H,1H3,(H,18,19,21). The Balaban J connectivity index is 1.78. The van der Waals surface area contributed by atoms with Gasteiger partial charge in [0.15, 0.2) is 11.5 Å². The van der Waals surface area contributed by atoms with E-state index in [0.29, 0.717) is 16.6 Å². The van der Waals surface area contributed by atoms with Crippen molar-refractivity contribution in [1.29, 1.82) is 0 Å². The molecule has 3 rings (SSSR count). The molecule has 110 valence electrons. The van der Waals surface area contributed by atoms with E-state index in [1.165, 1.54) is 0 Å². The van der Waals surface area contributed by atoms with Crippen LogP contribution in [-0.2, 0) is 0 Å². The molecular formula is C16H12ClN3O2. The van der Waals surface area contributed by atoms with Crippen molar-refractivity contribution >= 4 is 23.3 Å². The molecule has 0 saturated carbocycles. The van der Waals surface area contributed by atoms with Crippen molar-refractivity contribution in [3.05, 3.63) is 64.9 Å². The van der Waals surface area contributed by atoms with Gasteiger partial charge in [-0.25, -0.2) is 4.98 Å². The quantitative estimate of drug-likeness (QED) is 0.795. The highest BCUT2D eigenvalue weighted by Crippen LogP contribution is 2.22. The number of halogens is 1. The predicted octanol–water partition coefficient (Wildman–Crippen LogP) is 3.95. The number of hydrogen-bond donors (Lipinski definition) is 1. The molecule has 0 spiro atoms. The monoisotopic (exact) mass is 313 g/mol. The third kappa shape index (κ3) is 3.15. The molecule has 0 bridgehead atoms. The van der Waals surface area contributed by atoms with Crippen LogP contribution < -0.4 is 5.32 Å². The van der Waals surface area contributed by atoms with E-state index in [1.807, 2.05) is 19.1 Å². The number of aryl methyl sites for hydroxylation is 1. The lowest BCUT2D eigenvalue weighted by molar-refractivity contribution is 0.101. The van der Waals surface area contributed by atoms with Gasteiger partial charge < -0.3 is 9.84 Å². The van der Waals surface area contributed by atoms with Crippen molar-refractivity contribution in [2.24, 2.45) is 0 Å². The Morgan fingerprint density at radius 2 is 1.95 bits per heavy atom. The van der Waals surface area contributed by atoms with Crippen LogP contribution in [0.5, 0.6) is 0 Å². The summed E-state index contributed by atoms with van der Waals surface area (Å²) >= 11 is 5.84. The SMILES string of the molecule is Cc1cccc(NC(=O)c2cc(-c3ccc(Cl)cc3)on2)n1. The highest BCUT2D eigenvalue weighted by molar-refractivity contribution is 6.30. The molecule has 1 N–H and O–H groups in total. The maximum atomic E-state index is 12.1. The smallest absolute Gasteiger partial charge is 0.279 e. The Bertz CT molecular complexity index is 812. The minimum atomic E-state index is -0.373. The van der Waals surface area contributed by atoms with E-state index in [0.717, 1.165) is 11.3 Å². The van der Waals surface area contributed by atoms with Crippen LogP contribution in [0, 0.1) is 6.92 Å². The van der Waals surface area contributed by atoms with Gasteiger partial charge >= 0.3 is 0 Å². The number of anilines is 1. The molecule has 6 heteroatoms. The summed E-state index contributed by atoms with van der Waals surface area (Å²) in [4.78, 5) is 16.3. The number of nitrogens with zero attached hydrogens (tertiary/aromatic N) is 2. The first kappa shape index (κ1) is 14.3. The Labute approximate surface area is 131 Å². The molecule has 0 aliphatic heterocycles. The summed E-state index contributed by atoms with van der Waals surface area (Å²) in [5, 5.41) is 7.10. The summed E-state index contributed by atoms with van der Waals surface area (Å²) in [6.45, 7) is 1.85. The molecule has 3 aromatic rings. The van der Waals surface area contributed by atoms with Gasteiger partial charge in [-0.2, -0.15) is 0 Å². The zero-order valence-corrected chi connectivity index (χ0v) is 12.5. The van der Waals surface area contributed by atoms with Crippen LogP contribution in [0.25, 0.3) is 11.3 Å². The summed E-state index contributed by atoms with van der Waals surface area (Å²) in [6, 6.07) is 14.1. The van der Waals surface area contributed by atoms with Crippen LogP contribution in [0.3, 0.4) is 0 Å². The fraction of sp³-hybridized carbons (Fsp3) is 0.0625. The first-order valence-electron chi connectivity index (χ1n) is 6.59. The number of aromatic nitrogens is 2. The third-order valence-electron chi connectivity index (χ3n) is 3.00. The number of nitrogens with one attached hydrogen (secondary N) is 1. The van der Waals surface area contributed by atoms with Crippen LogP contribution >= 0.6 is 11.6 Å². The first-order chi connectivity index (χ1) is 10.6. The molecule has 5 nitrogen and oxygen atoms in total. The fourth-order valence-electron chi connectivity index (χ4n) is 1.93. The largest absolute Gasteiger partial charge is 0.355 e. The number of hydrogen-bond acceptors (Lipinski definition) is 4. The lowest BCUT2D eigenvalue weighted by atomic mass is 10.1. The molecule has 0 saturated heterocycles. The first-order valence-corrected chi connectivity index (χ1v) is 6.97. The highest BCUT2D eigenvalue weighted by Gasteiger charge is 2.14. The zero-order valence-electron chi connectivity index (χ0n) is 11.7. The Kier molecular flexibility index (Phi) is 3.89. The van der Waals surface area contributed by atoms with Crippen LogP contribution in [0.15, 0.2) is 53.1 Å². The van der Waals surface area contributed by atoms with Crippen LogP contribution in [0.1, 0.15) is 16.2 Å². The summed E-state index contributed by atoms with van der Waals surface area (Å²) < 4.78 is 5.20. The number of carbonyl (C=O) groups excluding carboxylic acids is 1. The van der Waals surface area contributed by atoms with Gasteiger partial charge in [0.25, 0.3) is 5.91 Å². The van der Waals surface area contributed by atoms with Crippen molar-refractivity contribution in [3.8, 4) is 11.3 Å². The van der Waals surface area contributed by atoms with Gasteiger partial charge in [0.1, 0.15) is 5.82 Å². The second-order valence-electron chi connectivity index (χ2n) is 4.70. The van der Waals surface area contributed by atoms with Gasteiger partial charge in [-0.3, -0.25) is 4.79 Å². The minimum absolute atomic E-state index is 0.188. The van der Waals surface area contributed by atoms with E-state index in [1.54, 1.807) is 36.4 Å². The van der Waals surface area contributed by atoms with Gasteiger partial charge in [-0.15, -0.1) is 0 Å². The number of rotatable bonds is 3. The van der Waals surface area contributed by atoms with Gasteiger partial charge in [-0.1, -0.05) is 22.8 Å². The molecule has 22 heavy (non-hydrogen) atoms. The fourth-order valence-corrected chi connectivity index (χ4v) is 2.05. The lowest BCUT2D eigenvalue weighted by Crippen LogP contribution is -2.13. The second-order valence-corrected chi connectivity index (χ2v) is 5.14. The number of carbonyl (C=O) groups is 1. The van der Waals surface area contributed by atoms with Gasteiger partial charge in [-0.05, 0) is 43.3 Å². The maximum absolute atomic E-state index is 12.1. The maximum Gasteiger partial charge on any atom is 0.279 e. The molecule has 0 fully saturated rings. The van der Waals surface area contributed by atoms with Crippen molar-refractivity contribution < 1.29 is 9.32 Å². The molecule has 0 aliphatic rings. The van der Waals surface area contributed by atoms with Crippen LogP contribution in [-0.4, -0.2) is 16.0 Å². The predicted molar refractivity (Wildman–Crippen MR) is 83.9 cm³/mol. The van der Waals surface area contributed by atoms with E-state index < -0.39 is 0 Å². The molecule has 0 aliphatic carbocycles. The van der Waals surface area contributed by atoms with E-state index in [9.17, 15) is 4.79 Å². The van der Waals surface area contributed by atoms with E-state index in [-0.39, 0.29) is 11.6 Å². The van der Waals surface area contributed by atoms with Gasteiger partial charge in [0, 0.05) is 22.3 Å². The molecule has 1 aromatic carbocycles. The third-order valence-corrected chi connectivity index (χ3v) is 3.25. The summed E-state index contributed by atoms with van der Waals surface area (Å²) in [6.07, 6.45) is 0. The van der Waals surface area contributed by atoms with Gasteiger partial charge in [0.2, 0.25) is 0 Å². The van der Waals surface area contributed by atoms with E-state index in [4.69, 9.17) is 16.1 Å². The lowest BCUT2D eigenvalue weighted by Gasteiger charge is -2.01. The summed E-state index contributed by atoms with van der Waals surface area (Å²) in [7, 11) is 0. The van der Waals surface area contributed by atoms with Crippen molar-refractivity contribution in [3.63, 3.8) is 0 Å². The molecule has 1 amide bonds. The average molecular weight is 314 g/mol. The van der Waals surface area contributed by atoms with Crippen molar-refractivity contribution in [2.45, 2.75) is 6.92 Å². The van der Waals surface area contributed by atoms with Crippen LogP contribution in [0.4, 0.5) is 5.82 Å². The topological polar surface area (TPSA) is 68.0 Å². The Morgan fingerprint density at radius 1 is 1.18 bits per heavy atom. The van der Waals surface area contributed by atoms with E-state index >= 15 is 0 Å². The number of benzene rings is 1. The highest BCUT2D eigenvalue weighted by atomic mass is 35.5. The Morgan fingerprint density at radius 3 is 2.68 bits per heavy atom. The number of pyridine rings is 1. The normalized spacial score (nSPS) is 10.5. The van der Waals surface area contributed by atoms with Crippen LogP contribution in [0.2, 0.25) is 5.02 Å². The zero-order chi connectivity index (χ0) is 15.5. The van der Waals surface area contributed by atoms with Gasteiger partial charge in [0.05, 0.1) is 0 Å². The minimum Gasteiger partial charge on any atom is -0.355 e. The summed E-state index contributed by atoms with van der Waals surface area (Å²) in [5.41, 5.74) is 1.80. The van der Waals surface area contributed by atoms with Crippen molar-refractivity contribution in [1.82, 2.24) is 10.1 Å². The molecule has 0 unspecified atom stereocenters. The molecule has 0 radical (unpaired) electrons. The average Bonchev–Trinajstić information content (AvgIpc) is 2.98.